The second kappa shape index (κ2) is 5.44. The van der Waals surface area contributed by atoms with Gasteiger partial charge in [0.2, 0.25) is 0 Å². The molecule has 4 nitrogen and oxygen atoms in total. The molecule has 0 bridgehead atoms. The molecule has 1 aromatic carbocycles. The van der Waals surface area contributed by atoms with E-state index in [9.17, 15) is 4.79 Å². The van der Waals surface area contributed by atoms with Crippen LogP contribution in [-0.2, 0) is 4.79 Å². The van der Waals surface area contributed by atoms with E-state index in [1.807, 2.05) is 0 Å². The fourth-order valence-electron chi connectivity index (χ4n) is 0.799. The van der Waals surface area contributed by atoms with E-state index >= 15 is 0 Å². The van der Waals surface area contributed by atoms with E-state index in [1.165, 1.54) is 24.3 Å². The van der Waals surface area contributed by atoms with E-state index in [-0.39, 0.29) is 49.1 Å². The van der Waals surface area contributed by atoms with Crippen molar-refractivity contribution in [3.63, 3.8) is 0 Å². The molecule has 0 aromatic heterocycles. The van der Waals surface area contributed by atoms with Gasteiger partial charge in [0.25, 0.3) is 0 Å². The summed E-state index contributed by atoms with van der Waals surface area (Å²) in [6.07, 6.45) is -1.52. The number of rotatable bonds is 2. The summed E-state index contributed by atoms with van der Waals surface area (Å²) in [6.45, 7) is 0. The Kier molecular flexibility index (Phi) is 5.32. The zero-order valence-corrected chi connectivity index (χ0v) is 6.14. The Hall–Kier alpha value is -0.290. The molecule has 0 saturated heterocycles. The van der Waals surface area contributed by atoms with Crippen molar-refractivity contribution in [2.75, 3.05) is 0 Å². The van der Waals surface area contributed by atoms with E-state index in [0.717, 1.165) is 0 Å². The van der Waals surface area contributed by atoms with Crippen LogP contribution in [0.1, 0.15) is 11.7 Å². The molecule has 0 spiro atoms. The first-order valence-electron chi connectivity index (χ1n) is 3.31. The molecule has 68 valence electrons. The Labute approximate surface area is 105 Å². The van der Waals surface area contributed by atoms with Gasteiger partial charge < -0.3 is 15.3 Å². The summed E-state index contributed by atoms with van der Waals surface area (Å²) >= 11 is 0. The van der Waals surface area contributed by atoms with Crippen LogP contribution in [-0.4, -0.2) is 59.0 Å². The molecule has 0 aliphatic heterocycles. The standard InChI is InChI=1S/C8H8O4.Ca.2H/c9-6-3-1-5(2-4-6)7(10)8(11)12;;;/h1-4,7,9-10H,(H,11,12);;;. The van der Waals surface area contributed by atoms with Gasteiger partial charge in [-0.1, -0.05) is 12.1 Å². The molecule has 1 atom stereocenters. The zero-order valence-electron chi connectivity index (χ0n) is 6.14. The maximum atomic E-state index is 10.3. The fourth-order valence-corrected chi connectivity index (χ4v) is 0.799. The number of phenols is 1. The number of carbonyl (C=O) groups is 1. The number of hydrogen-bond donors (Lipinski definition) is 3. The summed E-state index contributed by atoms with van der Waals surface area (Å²) in [5.41, 5.74) is 0.250. The van der Waals surface area contributed by atoms with Crippen LogP contribution in [0, 0.1) is 0 Å². The molecular weight excluding hydrogens is 200 g/mol. The van der Waals surface area contributed by atoms with Crippen LogP contribution >= 0.6 is 0 Å². The van der Waals surface area contributed by atoms with Gasteiger partial charge in [-0.25, -0.2) is 4.79 Å². The van der Waals surface area contributed by atoms with Gasteiger partial charge in [-0.05, 0) is 17.7 Å². The SMILES string of the molecule is O=C(O)C(O)c1ccc(O)cc1.[CaH2]. The third kappa shape index (κ3) is 3.52. The van der Waals surface area contributed by atoms with Crippen molar-refractivity contribution in [1.82, 2.24) is 0 Å². The van der Waals surface area contributed by atoms with Crippen LogP contribution < -0.4 is 0 Å². The average molecular weight is 210 g/mol. The number of carboxylic acid groups (broad SMARTS) is 1. The van der Waals surface area contributed by atoms with Crippen molar-refractivity contribution in [2.24, 2.45) is 0 Å². The second-order valence-corrected chi connectivity index (χ2v) is 2.33. The van der Waals surface area contributed by atoms with Crippen LogP contribution in [0.2, 0.25) is 0 Å². The van der Waals surface area contributed by atoms with Gasteiger partial charge >= 0.3 is 43.7 Å². The first-order valence-corrected chi connectivity index (χ1v) is 3.31. The topological polar surface area (TPSA) is 77.8 Å². The monoisotopic (exact) mass is 210 g/mol. The number of phenolic OH excluding ortho intramolecular Hbond substituents is 1. The number of aliphatic hydroxyl groups excluding tert-OH is 1. The van der Waals surface area contributed by atoms with Crippen molar-refractivity contribution in [1.29, 1.82) is 0 Å². The predicted molar refractivity (Wildman–Crippen MR) is 49.2 cm³/mol. The van der Waals surface area contributed by atoms with E-state index in [4.69, 9.17) is 15.3 Å². The molecule has 5 heteroatoms. The minimum atomic E-state index is -1.52. The predicted octanol–water partition coefficient (Wildman–Crippen LogP) is -0.406. The van der Waals surface area contributed by atoms with Crippen molar-refractivity contribution in [3.05, 3.63) is 29.8 Å². The van der Waals surface area contributed by atoms with E-state index < -0.39 is 12.1 Å². The Balaban J connectivity index is 0.00000144. The van der Waals surface area contributed by atoms with Crippen molar-refractivity contribution in [3.8, 4) is 5.75 Å². The summed E-state index contributed by atoms with van der Waals surface area (Å²) < 4.78 is 0. The molecule has 3 N–H and O–H groups in total. The quantitative estimate of drug-likeness (QED) is 0.580. The zero-order chi connectivity index (χ0) is 9.14. The molecular formula is C8H10CaO4. The van der Waals surface area contributed by atoms with Gasteiger partial charge in [0.15, 0.2) is 6.10 Å². The van der Waals surface area contributed by atoms with Crippen LogP contribution in [0.3, 0.4) is 0 Å². The Morgan fingerprint density at radius 2 is 1.69 bits per heavy atom. The van der Waals surface area contributed by atoms with Gasteiger partial charge in [0, 0.05) is 0 Å². The van der Waals surface area contributed by atoms with E-state index in [2.05, 4.69) is 0 Å². The number of aliphatic hydroxyl groups is 1. The molecule has 0 aliphatic carbocycles. The van der Waals surface area contributed by atoms with Crippen LogP contribution in [0.5, 0.6) is 5.75 Å². The summed E-state index contributed by atoms with van der Waals surface area (Å²) in [4.78, 5) is 10.3. The van der Waals surface area contributed by atoms with E-state index in [1.54, 1.807) is 0 Å². The molecule has 0 amide bonds. The summed E-state index contributed by atoms with van der Waals surface area (Å²) in [5.74, 6) is -1.27. The maximum absolute atomic E-state index is 10.3. The number of carboxylic acids is 1. The van der Waals surface area contributed by atoms with Gasteiger partial charge in [-0.3, -0.25) is 0 Å². The van der Waals surface area contributed by atoms with Gasteiger partial charge in [0.05, 0.1) is 0 Å². The molecule has 0 saturated carbocycles. The fraction of sp³-hybridized carbons (Fsp3) is 0.125. The Morgan fingerprint density at radius 3 is 2.08 bits per heavy atom. The normalized spacial score (nSPS) is 11.5. The molecule has 0 aliphatic rings. The van der Waals surface area contributed by atoms with Crippen LogP contribution in [0.4, 0.5) is 0 Å². The molecule has 0 fully saturated rings. The molecule has 0 radical (unpaired) electrons. The number of hydrogen-bond acceptors (Lipinski definition) is 3. The molecule has 13 heavy (non-hydrogen) atoms. The van der Waals surface area contributed by atoms with Gasteiger partial charge in [-0.15, -0.1) is 0 Å². The molecule has 1 aromatic rings. The molecule has 1 unspecified atom stereocenters. The van der Waals surface area contributed by atoms with Gasteiger partial charge in [0.1, 0.15) is 5.75 Å². The van der Waals surface area contributed by atoms with Crippen molar-refractivity contribution < 1.29 is 20.1 Å². The summed E-state index contributed by atoms with van der Waals surface area (Å²) in [5, 5.41) is 26.2. The van der Waals surface area contributed by atoms with Crippen LogP contribution in [0.15, 0.2) is 24.3 Å². The first-order chi connectivity index (χ1) is 5.61. The molecule has 0 heterocycles. The number of aromatic hydroxyl groups is 1. The van der Waals surface area contributed by atoms with Crippen LogP contribution in [0.25, 0.3) is 0 Å². The Morgan fingerprint density at radius 1 is 1.23 bits per heavy atom. The van der Waals surface area contributed by atoms with Crippen molar-refractivity contribution >= 4 is 43.7 Å². The first kappa shape index (κ1) is 12.7. The summed E-state index contributed by atoms with van der Waals surface area (Å²) in [6, 6.07) is 5.35. The molecule has 1 rings (SSSR count). The average Bonchev–Trinajstić information content (AvgIpc) is 2.04. The number of benzene rings is 1. The second-order valence-electron chi connectivity index (χ2n) is 2.33. The van der Waals surface area contributed by atoms with E-state index in [0.29, 0.717) is 0 Å². The minimum absolute atomic E-state index is 0. The van der Waals surface area contributed by atoms with Gasteiger partial charge in [-0.2, -0.15) is 0 Å². The Bertz CT molecular complexity index is 283. The van der Waals surface area contributed by atoms with Crippen molar-refractivity contribution in [2.45, 2.75) is 6.10 Å². The number of aliphatic carboxylic acids is 1. The third-order valence-electron chi connectivity index (χ3n) is 1.44. The third-order valence-corrected chi connectivity index (χ3v) is 1.44. The summed E-state index contributed by atoms with van der Waals surface area (Å²) in [7, 11) is 0.